The van der Waals surface area contributed by atoms with Gasteiger partial charge in [0.25, 0.3) is 0 Å². The van der Waals surface area contributed by atoms with E-state index in [9.17, 15) is 9.59 Å². The number of carbonyl (C=O) groups is 2. The van der Waals surface area contributed by atoms with Crippen molar-refractivity contribution in [2.24, 2.45) is 23.0 Å². The van der Waals surface area contributed by atoms with Crippen molar-refractivity contribution in [2.45, 2.75) is 45.6 Å². The Hall–Kier alpha value is -1.10. The van der Waals surface area contributed by atoms with Crippen LogP contribution >= 0.6 is 0 Å². The minimum atomic E-state index is -0.429. The molecule has 2 aliphatic rings. The van der Waals surface area contributed by atoms with Crippen molar-refractivity contribution >= 4 is 11.8 Å². The van der Waals surface area contributed by atoms with Crippen molar-refractivity contribution in [3.05, 3.63) is 0 Å². The van der Waals surface area contributed by atoms with E-state index in [1.54, 1.807) is 7.05 Å². The van der Waals surface area contributed by atoms with E-state index in [1.807, 2.05) is 11.8 Å². The molecule has 1 aliphatic heterocycles. The third kappa shape index (κ3) is 2.82. The van der Waals surface area contributed by atoms with Crippen molar-refractivity contribution in [3.63, 3.8) is 0 Å². The quantitative estimate of drug-likeness (QED) is 0.783. The number of carbonyl (C=O) groups excluding carboxylic acids is 2. The highest BCUT2D eigenvalue weighted by Gasteiger charge is 2.43. The van der Waals surface area contributed by atoms with Gasteiger partial charge in [-0.2, -0.15) is 0 Å². The van der Waals surface area contributed by atoms with Gasteiger partial charge in [0.05, 0.1) is 5.41 Å². The monoisotopic (exact) mass is 281 g/mol. The lowest BCUT2D eigenvalue weighted by molar-refractivity contribution is -0.137. The van der Waals surface area contributed by atoms with Gasteiger partial charge in [-0.1, -0.05) is 6.92 Å². The van der Waals surface area contributed by atoms with Gasteiger partial charge in [-0.05, 0) is 38.5 Å². The number of rotatable bonds is 2. The molecule has 1 saturated carbocycles. The first kappa shape index (κ1) is 15.3. The number of hydrogen-bond acceptors (Lipinski definition) is 3. The first-order chi connectivity index (χ1) is 9.37. The van der Waals surface area contributed by atoms with Crippen LogP contribution in [0.5, 0.6) is 0 Å². The van der Waals surface area contributed by atoms with Crippen molar-refractivity contribution in [2.75, 3.05) is 20.1 Å². The summed E-state index contributed by atoms with van der Waals surface area (Å²) in [6.07, 6.45) is 3.45. The number of likely N-dealkylation sites (tertiary alicyclic amines) is 1. The molecule has 2 amide bonds. The van der Waals surface area contributed by atoms with Gasteiger partial charge in [-0.3, -0.25) is 9.59 Å². The van der Waals surface area contributed by atoms with Crippen molar-refractivity contribution in [1.29, 1.82) is 0 Å². The summed E-state index contributed by atoms with van der Waals surface area (Å²) in [6.45, 7) is 5.31. The first-order valence-corrected chi connectivity index (χ1v) is 7.64. The summed E-state index contributed by atoms with van der Waals surface area (Å²) < 4.78 is 0. The van der Waals surface area contributed by atoms with E-state index in [-0.39, 0.29) is 23.8 Å². The highest BCUT2D eigenvalue weighted by Crippen LogP contribution is 2.34. The van der Waals surface area contributed by atoms with Gasteiger partial charge in [0.2, 0.25) is 11.8 Å². The first-order valence-electron chi connectivity index (χ1n) is 7.64. The molecule has 0 aromatic rings. The second kappa shape index (κ2) is 5.72. The van der Waals surface area contributed by atoms with E-state index in [1.165, 1.54) is 0 Å². The van der Waals surface area contributed by atoms with Gasteiger partial charge in [-0.15, -0.1) is 0 Å². The second-order valence-corrected chi connectivity index (χ2v) is 6.80. The Kier molecular flexibility index (Phi) is 4.37. The molecule has 4 unspecified atom stereocenters. The molecule has 1 saturated heterocycles. The minimum absolute atomic E-state index is 0.0341. The molecule has 2 rings (SSSR count). The lowest BCUT2D eigenvalue weighted by Crippen LogP contribution is -2.44. The number of nitrogens with zero attached hydrogens (tertiary/aromatic N) is 1. The van der Waals surface area contributed by atoms with Gasteiger partial charge in [0.15, 0.2) is 0 Å². The lowest BCUT2D eigenvalue weighted by atomic mass is 9.78. The molecule has 3 N–H and O–H groups in total. The Bertz CT molecular complexity index is 399. The smallest absolute Gasteiger partial charge is 0.227 e. The van der Waals surface area contributed by atoms with Crippen LogP contribution in [-0.2, 0) is 9.59 Å². The summed E-state index contributed by atoms with van der Waals surface area (Å²) in [5, 5.41) is 2.71. The van der Waals surface area contributed by atoms with Crippen LogP contribution in [0.15, 0.2) is 0 Å². The highest BCUT2D eigenvalue weighted by molar-refractivity contribution is 5.85. The summed E-state index contributed by atoms with van der Waals surface area (Å²) in [5.41, 5.74) is 5.59. The SMILES string of the molecule is CNC(=O)C1(C)CCN(C(=O)C2CCC(N)C(C)C2)C1. The van der Waals surface area contributed by atoms with Crippen LogP contribution in [-0.4, -0.2) is 42.9 Å². The molecule has 0 aromatic heterocycles. The van der Waals surface area contributed by atoms with Crippen LogP contribution < -0.4 is 11.1 Å². The lowest BCUT2D eigenvalue weighted by Gasteiger charge is -2.33. The largest absolute Gasteiger partial charge is 0.359 e. The molecular weight excluding hydrogens is 254 g/mol. The summed E-state index contributed by atoms with van der Waals surface area (Å²) in [7, 11) is 1.66. The molecular formula is C15H27N3O2. The van der Waals surface area contributed by atoms with Crippen LogP contribution in [0.4, 0.5) is 0 Å². The van der Waals surface area contributed by atoms with E-state index in [0.717, 1.165) is 25.7 Å². The molecule has 5 nitrogen and oxygen atoms in total. The Morgan fingerprint density at radius 3 is 2.65 bits per heavy atom. The van der Waals surface area contributed by atoms with E-state index in [4.69, 9.17) is 5.73 Å². The normalized spacial score (nSPS) is 37.8. The molecule has 114 valence electrons. The number of nitrogens with one attached hydrogen (secondary N) is 1. The fourth-order valence-electron chi connectivity index (χ4n) is 3.54. The van der Waals surface area contributed by atoms with Crippen molar-refractivity contribution in [1.82, 2.24) is 10.2 Å². The zero-order valence-corrected chi connectivity index (χ0v) is 12.8. The van der Waals surface area contributed by atoms with Crippen molar-refractivity contribution < 1.29 is 9.59 Å². The number of amides is 2. The Morgan fingerprint density at radius 1 is 1.35 bits per heavy atom. The molecule has 1 aliphatic carbocycles. The van der Waals surface area contributed by atoms with E-state index >= 15 is 0 Å². The summed E-state index contributed by atoms with van der Waals surface area (Å²) >= 11 is 0. The van der Waals surface area contributed by atoms with Crippen molar-refractivity contribution in [3.8, 4) is 0 Å². The fraction of sp³-hybridized carbons (Fsp3) is 0.867. The van der Waals surface area contributed by atoms with Gasteiger partial charge < -0.3 is 16.0 Å². The second-order valence-electron chi connectivity index (χ2n) is 6.80. The summed E-state index contributed by atoms with van der Waals surface area (Å²) in [6, 6.07) is 0.230. The molecule has 4 atom stereocenters. The summed E-state index contributed by atoms with van der Waals surface area (Å²) in [4.78, 5) is 26.4. The predicted octanol–water partition coefficient (Wildman–Crippen LogP) is 0.735. The van der Waals surface area contributed by atoms with E-state index in [0.29, 0.717) is 19.0 Å². The van der Waals surface area contributed by atoms with Gasteiger partial charge in [0, 0.05) is 32.1 Å². The molecule has 1 heterocycles. The molecule has 5 heteroatoms. The van der Waals surface area contributed by atoms with Gasteiger partial charge in [-0.25, -0.2) is 0 Å². The van der Waals surface area contributed by atoms with E-state index < -0.39 is 5.41 Å². The topological polar surface area (TPSA) is 75.4 Å². The van der Waals surface area contributed by atoms with Gasteiger partial charge >= 0.3 is 0 Å². The van der Waals surface area contributed by atoms with Crippen LogP contribution in [0, 0.1) is 17.3 Å². The molecule has 20 heavy (non-hydrogen) atoms. The molecule has 0 bridgehead atoms. The van der Waals surface area contributed by atoms with E-state index in [2.05, 4.69) is 12.2 Å². The Labute approximate surface area is 121 Å². The molecule has 0 spiro atoms. The fourth-order valence-corrected chi connectivity index (χ4v) is 3.54. The van der Waals surface area contributed by atoms with Crippen LogP contribution in [0.2, 0.25) is 0 Å². The number of hydrogen-bond donors (Lipinski definition) is 2. The minimum Gasteiger partial charge on any atom is -0.359 e. The van der Waals surface area contributed by atoms with Crippen LogP contribution in [0.1, 0.15) is 39.5 Å². The highest BCUT2D eigenvalue weighted by atomic mass is 16.2. The number of nitrogens with two attached hydrogens (primary N) is 1. The van der Waals surface area contributed by atoms with Crippen LogP contribution in [0.3, 0.4) is 0 Å². The molecule has 2 fully saturated rings. The standard InChI is InChI=1S/C15H27N3O2/c1-10-8-11(4-5-12(10)16)13(19)18-7-6-15(2,9-18)14(20)17-3/h10-12H,4-9,16H2,1-3H3,(H,17,20). The zero-order chi connectivity index (χ0) is 14.9. The average Bonchev–Trinajstić information content (AvgIpc) is 2.84. The third-order valence-corrected chi connectivity index (χ3v) is 5.15. The molecule has 0 radical (unpaired) electrons. The Morgan fingerprint density at radius 2 is 2.05 bits per heavy atom. The van der Waals surface area contributed by atoms with Gasteiger partial charge in [0.1, 0.15) is 0 Å². The maximum atomic E-state index is 12.6. The average molecular weight is 281 g/mol. The summed E-state index contributed by atoms with van der Waals surface area (Å²) in [5.74, 6) is 0.755. The maximum Gasteiger partial charge on any atom is 0.227 e. The third-order valence-electron chi connectivity index (χ3n) is 5.15. The van der Waals surface area contributed by atoms with Crippen LogP contribution in [0.25, 0.3) is 0 Å². The molecule has 0 aromatic carbocycles. The maximum absolute atomic E-state index is 12.6. The Balaban J connectivity index is 1.96. The predicted molar refractivity (Wildman–Crippen MR) is 77.9 cm³/mol. The zero-order valence-electron chi connectivity index (χ0n) is 12.8.